The highest BCUT2D eigenvalue weighted by molar-refractivity contribution is 6.03. The Morgan fingerprint density at radius 1 is 1.37 bits per heavy atom. The van der Waals surface area contributed by atoms with Crippen LogP contribution in [0.2, 0.25) is 0 Å². The van der Waals surface area contributed by atoms with E-state index >= 15 is 0 Å². The molecule has 2 aromatic rings. The summed E-state index contributed by atoms with van der Waals surface area (Å²) < 4.78 is 5.21. The fraction of sp³-hybridized carbons (Fsp3) is 0.0769. The van der Waals surface area contributed by atoms with Crippen LogP contribution in [0.25, 0.3) is 0 Å². The first kappa shape index (κ1) is 12.5. The van der Waals surface area contributed by atoms with E-state index in [9.17, 15) is 4.79 Å². The lowest BCUT2D eigenvalue weighted by Crippen LogP contribution is -2.14. The van der Waals surface area contributed by atoms with Gasteiger partial charge in [-0.3, -0.25) is 9.78 Å². The van der Waals surface area contributed by atoms with Gasteiger partial charge in [0.05, 0.1) is 11.9 Å². The monoisotopic (exact) mass is 254 g/mol. The van der Waals surface area contributed by atoms with Gasteiger partial charge >= 0.3 is 0 Å². The molecule has 6 nitrogen and oxygen atoms in total. The zero-order valence-electron chi connectivity index (χ0n) is 9.91. The predicted molar refractivity (Wildman–Crippen MR) is 67.5 cm³/mol. The summed E-state index contributed by atoms with van der Waals surface area (Å²) in [5.74, 6) is 0.0439. The van der Waals surface area contributed by atoms with E-state index in [0.717, 1.165) is 0 Å². The minimum absolute atomic E-state index is 0.0853. The Morgan fingerprint density at radius 2 is 2.21 bits per heavy atom. The molecule has 19 heavy (non-hydrogen) atoms. The minimum atomic E-state index is -0.388. The molecule has 1 heterocycles. The van der Waals surface area contributed by atoms with Crippen LogP contribution < -0.4 is 10.1 Å². The van der Waals surface area contributed by atoms with Crippen molar-refractivity contribution in [2.24, 2.45) is 0 Å². The number of carbonyl (C=O) groups excluding carboxylic acids is 1. The number of nitriles is 1. The molecule has 94 valence electrons. The summed E-state index contributed by atoms with van der Waals surface area (Å²) in [6.45, 7) is -0.0853. The van der Waals surface area contributed by atoms with Crippen molar-refractivity contribution in [1.29, 1.82) is 5.26 Å². The number of amides is 1. The molecular weight excluding hydrogens is 244 g/mol. The largest absolute Gasteiger partial charge is 0.477 e. The van der Waals surface area contributed by atoms with Gasteiger partial charge in [-0.05, 0) is 12.1 Å². The average Bonchev–Trinajstić information content (AvgIpc) is 2.47. The van der Waals surface area contributed by atoms with Crippen molar-refractivity contribution in [1.82, 2.24) is 9.97 Å². The maximum Gasteiger partial charge on any atom is 0.275 e. The molecule has 0 spiro atoms. The summed E-state index contributed by atoms with van der Waals surface area (Å²) in [7, 11) is 0. The van der Waals surface area contributed by atoms with Crippen molar-refractivity contribution < 1.29 is 9.53 Å². The van der Waals surface area contributed by atoms with Crippen LogP contribution >= 0.6 is 0 Å². The maximum atomic E-state index is 11.9. The maximum absolute atomic E-state index is 11.9. The number of aromatic nitrogens is 2. The van der Waals surface area contributed by atoms with E-state index in [0.29, 0.717) is 11.4 Å². The van der Waals surface area contributed by atoms with E-state index in [-0.39, 0.29) is 18.2 Å². The van der Waals surface area contributed by atoms with Crippen molar-refractivity contribution in [3.05, 3.63) is 48.5 Å². The smallest absolute Gasteiger partial charge is 0.275 e. The van der Waals surface area contributed by atoms with Crippen LogP contribution in [0, 0.1) is 11.3 Å². The first-order chi connectivity index (χ1) is 9.31. The number of rotatable bonds is 4. The summed E-state index contributed by atoms with van der Waals surface area (Å²) in [5, 5.41) is 11.2. The van der Waals surface area contributed by atoms with Gasteiger partial charge in [-0.25, -0.2) is 4.98 Å². The molecule has 1 aromatic heterocycles. The van der Waals surface area contributed by atoms with E-state index in [1.165, 1.54) is 18.6 Å². The number of hydrogen-bond acceptors (Lipinski definition) is 5. The lowest BCUT2D eigenvalue weighted by molar-refractivity contribution is 0.102. The predicted octanol–water partition coefficient (Wildman–Crippen LogP) is 1.63. The quantitative estimate of drug-likeness (QED) is 0.895. The van der Waals surface area contributed by atoms with Crippen LogP contribution in [0.15, 0.2) is 42.9 Å². The molecule has 0 fully saturated rings. The highest BCUT2D eigenvalue weighted by Crippen LogP contribution is 2.23. The number of anilines is 1. The zero-order chi connectivity index (χ0) is 13.5. The molecule has 0 aliphatic rings. The fourth-order valence-corrected chi connectivity index (χ4v) is 1.41. The summed E-state index contributed by atoms with van der Waals surface area (Å²) in [6.07, 6.45) is 4.29. The highest BCUT2D eigenvalue weighted by Gasteiger charge is 2.10. The van der Waals surface area contributed by atoms with Crippen molar-refractivity contribution in [2.75, 3.05) is 11.9 Å². The number of para-hydroxylation sites is 2. The molecule has 2 rings (SSSR count). The summed E-state index contributed by atoms with van der Waals surface area (Å²) in [6, 6.07) is 8.73. The van der Waals surface area contributed by atoms with E-state index in [1.54, 1.807) is 24.3 Å². The zero-order valence-corrected chi connectivity index (χ0v) is 9.91. The Morgan fingerprint density at radius 3 is 2.95 bits per heavy atom. The third-order valence-electron chi connectivity index (χ3n) is 2.22. The van der Waals surface area contributed by atoms with E-state index in [1.807, 2.05) is 6.07 Å². The van der Waals surface area contributed by atoms with Gasteiger partial charge in [-0.2, -0.15) is 5.26 Å². The third kappa shape index (κ3) is 3.26. The van der Waals surface area contributed by atoms with Gasteiger partial charge in [0.25, 0.3) is 5.91 Å². The van der Waals surface area contributed by atoms with Gasteiger partial charge in [0.15, 0.2) is 6.61 Å². The van der Waals surface area contributed by atoms with E-state index < -0.39 is 0 Å². The topological polar surface area (TPSA) is 87.9 Å². The van der Waals surface area contributed by atoms with Crippen molar-refractivity contribution in [3.8, 4) is 11.8 Å². The Kier molecular flexibility index (Phi) is 4.03. The minimum Gasteiger partial charge on any atom is -0.477 e. The molecule has 1 N–H and O–H groups in total. The lowest BCUT2D eigenvalue weighted by atomic mass is 10.3. The van der Waals surface area contributed by atoms with Crippen LogP contribution in [0.1, 0.15) is 10.5 Å². The normalized spacial score (nSPS) is 9.42. The first-order valence-corrected chi connectivity index (χ1v) is 5.47. The van der Waals surface area contributed by atoms with E-state index in [2.05, 4.69) is 15.3 Å². The Hall–Kier alpha value is -2.94. The highest BCUT2D eigenvalue weighted by atomic mass is 16.5. The lowest BCUT2D eigenvalue weighted by Gasteiger charge is -2.09. The molecule has 0 aliphatic heterocycles. The molecule has 6 heteroatoms. The molecule has 0 aliphatic carbocycles. The van der Waals surface area contributed by atoms with Gasteiger partial charge < -0.3 is 10.1 Å². The summed E-state index contributed by atoms with van der Waals surface area (Å²) >= 11 is 0. The number of benzene rings is 1. The SMILES string of the molecule is N#CCOc1ccccc1NC(=O)c1cnccn1. The first-order valence-electron chi connectivity index (χ1n) is 5.47. The Labute approximate surface area is 109 Å². The molecule has 0 atom stereocenters. The van der Waals surface area contributed by atoms with Crippen LogP contribution in [0.4, 0.5) is 5.69 Å². The fourth-order valence-electron chi connectivity index (χ4n) is 1.41. The summed E-state index contributed by atoms with van der Waals surface area (Å²) in [4.78, 5) is 19.6. The van der Waals surface area contributed by atoms with Crippen LogP contribution in [-0.2, 0) is 0 Å². The van der Waals surface area contributed by atoms with E-state index in [4.69, 9.17) is 10.00 Å². The molecule has 0 saturated heterocycles. The van der Waals surface area contributed by atoms with Gasteiger partial charge in [0.1, 0.15) is 17.5 Å². The molecule has 1 aromatic carbocycles. The van der Waals surface area contributed by atoms with Crippen molar-refractivity contribution in [3.63, 3.8) is 0 Å². The molecular formula is C13H10N4O2. The second-order valence-electron chi connectivity index (χ2n) is 3.49. The van der Waals surface area contributed by atoms with Crippen molar-refractivity contribution in [2.45, 2.75) is 0 Å². The Balaban J connectivity index is 2.15. The molecule has 0 unspecified atom stereocenters. The van der Waals surface area contributed by atoms with Crippen LogP contribution in [0.3, 0.4) is 0 Å². The molecule has 0 bridgehead atoms. The van der Waals surface area contributed by atoms with Gasteiger partial charge in [0, 0.05) is 12.4 Å². The molecule has 1 amide bonds. The second kappa shape index (κ2) is 6.12. The van der Waals surface area contributed by atoms with Gasteiger partial charge in [-0.1, -0.05) is 12.1 Å². The number of carbonyl (C=O) groups is 1. The summed E-state index contributed by atoms with van der Waals surface area (Å²) in [5.41, 5.74) is 0.686. The number of nitrogens with one attached hydrogen (secondary N) is 1. The number of nitrogens with zero attached hydrogens (tertiary/aromatic N) is 3. The standard InChI is InChI=1S/C13H10N4O2/c14-5-8-19-12-4-2-1-3-10(12)17-13(18)11-9-15-6-7-16-11/h1-4,6-7,9H,8H2,(H,17,18). The number of hydrogen-bond donors (Lipinski definition) is 1. The van der Waals surface area contributed by atoms with Crippen LogP contribution in [0.5, 0.6) is 5.75 Å². The van der Waals surface area contributed by atoms with Gasteiger partial charge in [-0.15, -0.1) is 0 Å². The number of ether oxygens (including phenoxy) is 1. The molecule has 0 radical (unpaired) electrons. The van der Waals surface area contributed by atoms with Crippen molar-refractivity contribution >= 4 is 11.6 Å². The molecule has 0 saturated carbocycles. The third-order valence-corrected chi connectivity index (χ3v) is 2.22. The second-order valence-corrected chi connectivity index (χ2v) is 3.49. The van der Waals surface area contributed by atoms with Gasteiger partial charge in [0.2, 0.25) is 0 Å². The van der Waals surface area contributed by atoms with Crippen LogP contribution in [-0.4, -0.2) is 22.5 Å². The Bertz CT molecular complexity index is 608. The average molecular weight is 254 g/mol.